The van der Waals surface area contributed by atoms with Crippen LogP contribution in [0.4, 0.5) is 19.4 Å². The zero-order chi connectivity index (χ0) is 22.5. The summed E-state index contributed by atoms with van der Waals surface area (Å²) in [6.07, 6.45) is 0.754. The molecule has 13 heteroatoms. The number of hydrogen-bond acceptors (Lipinski definition) is 3. The maximum Gasteiger partial charge on any atom is 0.310 e. The van der Waals surface area contributed by atoms with Gasteiger partial charge in [-0.05, 0) is 42.3 Å². The average molecular weight is 457 g/mol. The minimum absolute atomic E-state index is 0.125. The quantitative estimate of drug-likeness (QED) is 0.407. The molecule has 0 heterocycles. The molecule has 6 nitrogen and oxygen atoms in total. The lowest BCUT2D eigenvalue weighted by Gasteiger charge is -2.40. The monoisotopic (exact) mass is 457 g/mol. The molecule has 4 N–H and O–H groups in total. The molecular formula is C16H16F5N3O3S2. The van der Waals surface area contributed by atoms with Crippen LogP contribution in [-0.4, -0.2) is 26.5 Å². The van der Waals surface area contributed by atoms with Crippen molar-refractivity contribution in [1.82, 2.24) is 0 Å². The molecule has 2 rings (SSSR count). The van der Waals surface area contributed by atoms with Crippen LogP contribution in [0.3, 0.4) is 0 Å². The predicted molar refractivity (Wildman–Crippen MR) is 101 cm³/mol. The third-order valence-electron chi connectivity index (χ3n) is 3.78. The van der Waals surface area contributed by atoms with Gasteiger partial charge in [-0.1, -0.05) is 31.6 Å². The number of benzene rings is 2. The molecule has 0 aliphatic heterocycles. The molecule has 0 unspecified atom stereocenters. The third-order valence-corrected chi connectivity index (χ3v) is 6.06. The summed E-state index contributed by atoms with van der Waals surface area (Å²) in [6, 6.07) is 4.14. The van der Waals surface area contributed by atoms with Crippen LogP contribution in [0.5, 0.6) is 0 Å². The van der Waals surface area contributed by atoms with Gasteiger partial charge in [0.1, 0.15) is 4.90 Å². The van der Waals surface area contributed by atoms with E-state index in [1.807, 2.05) is 0 Å². The molecule has 0 atom stereocenters. The van der Waals surface area contributed by atoms with Gasteiger partial charge in [0.15, 0.2) is 15.8 Å². The van der Waals surface area contributed by atoms with Crippen LogP contribution in [0.15, 0.2) is 51.2 Å². The zero-order valence-corrected chi connectivity index (χ0v) is 16.6. The molecule has 160 valence electrons. The first kappa shape index (κ1) is 22.6. The van der Waals surface area contributed by atoms with E-state index >= 15 is 0 Å². The first-order valence-electron chi connectivity index (χ1n) is 7.63. The number of carbonyl (C=O) groups is 1. The van der Waals surface area contributed by atoms with Gasteiger partial charge in [0.2, 0.25) is 0 Å². The van der Waals surface area contributed by atoms with Gasteiger partial charge in [-0.3, -0.25) is 4.79 Å². The molecule has 0 saturated carbocycles. The lowest BCUT2D eigenvalue weighted by atomic mass is 9.99. The summed E-state index contributed by atoms with van der Waals surface area (Å²) >= 11 is 0. The molecule has 0 bridgehead atoms. The number of amides is 1. The maximum absolute atomic E-state index is 13.1. The smallest absolute Gasteiger partial charge is 0.310 e. The van der Waals surface area contributed by atoms with Crippen molar-refractivity contribution in [2.45, 2.75) is 16.7 Å². The highest BCUT2D eigenvalue weighted by atomic mass is 32.5. The Bertz CT molecular complexity index is 1160. The van der Waals surface area contributed by atoms with Crippen LogP contribution in [0.25, 0.3) is 11.1 Å². The van der Waals surface area contributed by atoms with E-state index in [1.165, 1.54) is 6.92 Å². The van der Waals surface area contributed by atoms with Crippen LogP contribution in [-0.2, 0) is 9.84 Å². The molecule has 0 fully saturated rings. The van der Waals surface area contributed by atoms with E-state index in [-0.39, 0.29) is 28.8 Å². The van der Waals surface area contributed by atoms with Gasteiger partial charge in [0, 0.05) is 17.4 Å². The molecule has 0 saturated heterocycles. The summed E-state index contributed by atoms with van der Waals surface area (Å²) in [7, 11) is -14.1. The van der Waals surface area contributed by atoms with Crippen LogP contribution < -0.4 is 11.5 Å². The second kappa shape index (κ2) is 6.16. The predicted octanol–water partition coefficient (Wildman–Crippen LogP) is 4.14. The van der Waals surface area contributed by atoms with Gasteiger partial charge in [-0.15, -0.1) is 0 Å². The molecule has 0 aromatic heterocycles. The Labute approximate surface area is 163 Å². The fourth-order valence-electron chi connectivity index (χ4n) is 2.53. The van der Waals surface area contributed by atoms with Gasteiger partial charge < -0.3 is 11.5 Å². The van der Waals surface area contributed by atoms with Crippen LogP contribution in [0.2, 0.25) is 0 Å². The third kappa shape index (κ3) is 5.23. The number of aliphatic imine (C=N–C) groups is 1. The number of nitrogens with zero attached hydrogens (tertiary/aromatic N) is 1. The van der Waals surface area contributed by atoms with Crippen LogP contribution in [0, 0.1) is 6.92 Å². The first-order chi connectivity index (χ1) is 12.8. The topological polar surface area (TPSA) is 116 Å². The Morgan fingerprint density at radius 2 is 1.62 bits per heavy atom. The SMILES string of the molecule is Cc1cc(-c2cccc(S(F)(F)(F)(F)F)c2)c(S(C)(=O)=O)cc1C(=O)N=C(N)N. The van der Waals surface area contributed by atoms with Crippen molar-refractivity contribution in [1.29, 1.82) is 0 Å². The summed E-state index contributed by atoms with van der Waals surface area (Å²) < 4.78 is 90.1. The fourth-order valence-corrected chi connectivity index (χ4v) is 4.13. The number of halogens is 5. The Kier molecular flexibility index (Phi) is 4.81. The summed E-state index contributed by atoms with van der Waals surface area (Å²) in [5.41, 5.74) is 9.45. The molecular weight excluding hydrogens is 441 g/mol. The van der Waals surface area contributed by atoms with Crippen molar-refractivity contribution in [2.75, 3.05) is 6.26 Å². The van der Waals surface area contributed by atoms with Crippen molar-refractivity contribution in [3.8, 4) is 11.1 Å². The lowest BCUT2D eigenvalue weighted by Crippen LogP contribution is -2.24. The standard InChI is InChI=1S/C16H16F5N3O3S2/c1-9-6-13(10-4-3-5-11(7-10)29(17,18,19,20)21)14(28(2,26)27)8-12(9)15(25)24-16(22)23/h3-8H,1-2H3,(H4,22,23,24,25). The Morgan fingerprint density at radius 3 is 2.10 bits per heavy atom. The summed E-state index contributed by atoms with van der Waals surface area (Å²) in [4.78, 5) is 12.7. The second-order valence-electron chi connectivity index (χ2n) is 6.27. The number of guanidine groups is 1. The second-order valence-corrected chi connectivity index (χ2v) is 10.7. The van der Waals surface area contributed by atoms with Crippen molar-refractivity contribution in [3.05, 3.63) is 47.5 Å². The van der Waals surface area contributed by atoms with E-state index in [0.717, 1.165) is 30.5 Å². The highest BCUT2D eigenvalue weighted by Crippen LogP contribution is 3.02. The average Bonchev–Trinajstić information content (AvgIpc) is 2.50. The minimum atomic E-state index is -9.99. The molecule has 0 radical (unpaired) electrons. The Hall–Kier alpha value is -2.67. The number of nitrogens with two attached hydrogens (primary N) is 2. The maximum atomic E-state index is 13.1. The van der Waals surface area contributed by atoms with Gasteiger partial charge >= 0.3 is 10.2 Å². The number of hydrogen-bond donors (Lipinski definition) is 2. The van der Waals surface area contributed by atoms with E-state index < -0.39 is 47.3 Å². The van der Waals surface area contributed by atoms with Gasteiger partial charge in [0.05, 0.1) is 4.90 Å². The van der Waals surface area contributed by atoms with E-state index in [4.69, 9.17) is 11.5 Å². The van der Waals surface area contributed by atoms with Crippen molar-refractivity contribution in [3.63, 3.8) is 0 Å². The van der Waals surface area contributed by atoms with Gasteiger partial charge in [-0.2, -0.15) is 4.99 Å². The van der Waals surface area contributed by atoms with Gasteiger partial charge in [0.25, 0.3) is 5.91 Å². The highest BCUT2D eigenvalue weighted by Gasteiger charge is 2.65. The minimum Gasteiger partial charge on any atom is -0.370 e. The normalized spacial score (nSPS) is 14.6. The van der Waals surface area contributed by atoms with Crippen LogP contribution in [0.1, 0.15) is 15.9 Å². The van der Waals surface area contributed by atoms with E-state index in [0.29, 0.717) is 0 Å². The molecule has 2 aromatic rings. The van der Waals surface area contributed by atoms with Crippen molar-refractivity contribution < 1.29 is 32.6 Å². The number of rotatable bonds is 4. The number of carbonyl (C=O) groups excluding carboxylic acids is 1. The Balaban J connectivity index is 2.84. The van der Waals surface area contributed by atoms with E-state index in [9.17, 15) is 32.6 Å². The van der Waals surface area contributed by atoms with E-state index in [2.05, 4.69) is 4.99 Å². The summed E-state index contributed by atoms with van der Waals surface area (Å²) in [5, 5.41) is 0. The Morgan fingerprint density at radius 1 is 1.03 bits per heavy atom. The van der Waals surface area contributed by atoms with Crippen molar-refractivity contribution in [2.24, 2.45) is 16.5 Å². The number of sulfone groups is 1. The zero-order valence-electron chi connectivity index (χ0n) is 15.0. The van der Waals surface area contributed by atoms with Crippen LogP contribution >= 0.6 is 10.2 Å². The summed E-state index contributed by atoms with van der Waals surface area (Å²) in [6.45, 7) is 1.36. The van der Waals surface area contributed by atoms with E-state index in [1.54, 1.807) is 0 Å². The molecule has 0 aliphatic carbocycles. The molecule has 1 amide bonds. The largest absolute Gasteiger partial charge is 0.370 e. The molecule has 0 aliphatic rings. The van der Waals surface area contributed by atoms with Crippen molar-refractivity contribution >= 4 is 31.9 Å². The fraction of sp³-hybridized carbons (Fsp3) is 0.125. The highest BCUT2D eigenvalue weighted by molar-refractivity contribution is 8.45. The molecule has 2 aromatic carbocycles. The molecule has 29 heavy (non-hydrogen) atoms. The van der Waals surface area contributed by atoms with Gasteiger partial charge in [-0.25, -0.2) is 8.42 Å². The lowest BCUT2D eigenvalue weighted by molar-refractivity contribution is 0.100. The number of aryl methyl sites for hydroxylation is 1. The summed E-state index contributed by atoms with van der Waals surface area (Å²) in [5.74, 6) is -1.55. The molecule has 0 spiro atoms. The first-order valence-corrected chi connectivity index (χ1v) is 11.5.